The van der Waals surface area contributed by atoms with E-state index in [2.05, 4.69) is 15.9 Å². The molecule has 138 valence electrons. The number of halogens is 1. The van der Waals surface area contributed by atoms with Gasteiger partial charge in [-0.15, -0.1) is 0 Å². The smallest absolute Gasteiger partial charge is 0.343 e. The minimum atomic E-state index is -0.489. The van der Waals surface area contributed by atoms with Crippen LogP contribution in [0.4, 0.5) is 5.69 Å². The molecule has 1 saturated heterocycles. The molecule has 2 amide bonds. The van der Waals surface area contributed by atoms with Gasteiger partial charge in [0.15, 0.2) is 0 Å². The number of hydrogen-bond donors (Lipinski definition) is 0. The number of nitrogens with zero attached hydrogens (tertiary/aromatic N) is 1. The quantitative estimate of drug-likeness (QED) is 0.414. The molecule has 1 aliphatic heterocycles. The van der Waals surface area contributed by atoms with Crippen LogP contribution in [-0.4, -0.2) is 17.8 Å². The van der Waals surface area contributed by atoms with Gasteiger partial charge in [0.1, 0.15) is 5.75 Å². The first-order valence-corrected chi connectivity index (χ1v) is 9.79. The van der Waals surface area contributed by atoms with Crippen LogP contribution in [0.15, 0.2) is 53.0 Å². The van der Waals surface area contributed by atoms with E-state index in [-0.39, 0.29) is 23.7 Å². The Kier molecular flexibility index (Phi) is 4.83. The van der Waals surface area contributed by atoms with Crippen molar-refractivity contribution in [3.8, 4) is 5.75 Å². The highest BCUT2D eigenvalue weighted by atomic mass is 79.9. The highest BCUT2D eigenvalue weighted by molar-refractivity contribution is 9.10. The van der Waals surface area contributed by atoms with E-state index in [1.165, 1.54) is 4.90 Å². The molecule has 0 radical (unpaired) electrons. The highest BCUT2D eigenvalue weighted by Gasteiger charge is 2.48. The Bertz CT molecular complexity index is 867. The summed E-state index contributed by atoms with van der Waals surface area (Å²) in [4.78, 5) is 38.9. The molecular formula is C21H18BrNO4. The molecule has 6 heteroatoms. The molecule has 2 fully saturated rings. The minimum absolute atomic E-state index is 0.116. The zero-order valence-electron chi connectivity index (χ0n) is 14.6. The fourth-order valence-corrected chi connectivity index (χ4v) is 4.10. The number of carbonyl (C=O) groups is 3. The van der Waals surface area contributed by atoms with Crippen LogP contribution in [0.3, 0.4) is 0 Å². The lowest BCUT2D eigenvalue weighted by Crippen LogP contribution is -2.30. The van der Waals surface area contributed by atoms with E-state index >= 15 is 0 Å². The van der Waals surface area contributed by atoms with Crippen LogP contribution in [0, 0.1) is 11.8 Å². The number of rotatable bonds is 3. The van der Waals surface area contributed by atoms with Crippen molar-refractivity contribution >= 4 is 39.4 Å². The maximum atomic E-state index is 12.6. The van der Waals surface area contributed by atoms with Crippen LogP contribution in [-0.2, 0) is 9.59 Å². The van der Waals surface area contributed by atoms with E-state index in [4.69, 9.17) is 4.74 Å². The van der Waals surface area contributed by atoms with Crippen LogP contribution in [0.5, 0.6) is 5.75 Å². The van der Waals surface area contributed by atoms with Gasteiger partial charge in [0, 0.05) is 4.47 Å². The molecule has 0 bridgehead atoms. The van der Waals surface area contributed by atoms with Crippen molar-refractivity contribution in [3.05, 3.63) is 58.6 Å². The summed E-state index contributed by atoms with van der Waals surface area (Å²) in [7, 11) is 0. The predicted octanol–water partition coefficient (Wildman–Crippen LogP) is 4.35. The molecule has 4 rings (SSSR count). The van der Waals surface area contributed by atoms with Crippen molar-refractivity contribution in [2.75, 3.05) is 4.90 Å². The lowest BCUT2D eigenvalue weighted by atomic mass is 9.81. The molecule has 2 aliphatic rings. The fourth-order valence-electron chi connectivity index (χ4n) is 3.83. The number of benzene rings is 2. The maximum Gasteiger partial charge on any atom is 0.343 e. The summed E-state index contributed by atoms with van der Waals surface area (Å²) >= 11 is 3.33. The summed E-state index contributed by atoms with van der Waals surface area (Å²) in [6, 6.07) is 13.4. The number of esters is 1. The summed E-state index contributed by atoms with van der Waals surface area (Å²) < 4.78 is 6.23. The summed E-state index contributed by atoms with van der Waals surface area (Å²) in [5.74, 6) is -0.649. The van der Waals surface area contributed by atoms with Crippen molar-refractivity contribution in [1.82, 2.24) is 0 Å². The van der Waals surface area contributed by atoms with Crippen LogP contribution < -0.4 is 9.64 Å². The SMILES string of the molecule is O=C(Oc1ccc(Br)cc1)c1ccc(N2C(=O)[C@H]3CCCC[C@@H]3C2=O)cc1. The Morgan fingerprint density at radius 3 is 2.00 bits per heavy atom. The maximum absolute atomic E-state index is 12.6. The van der Waals surface area contributed by atoms with Gasteiger partial charge in [-0.2, -0.15) is 0 Å². The molecule has 0 spiro atoms. The van der Waals surface area contributed by atoms with Crippen molar-refractivity contribution in [1.29, 1.82) is 0 Å². The van der Waals surface area contributed by atoms with E-state index in [1.807, 2.05) is 0 Å². The predicted molar refractivity (Wildman–Crippen MR) is 103 cm³/mol. The first kappa shape index (κ1) is 17.9. The number of ether oxygens (including phenoxy) is 1. The number of amides is 2. The third-order valence-electron chi connectivity index (χ3n) is 5.23. The van der Waals surface area contributed by atoms with E-state index < -0.39 is 5.97 Å². The molecule has 1 aliphatic carbocycles. The normalized spacial score (nSPS) is 21.9. The second-order valence-corrected chi connectivity index (χ2v) is 7.82. The van der Waals surface area contributed by atoms with Gasteiger partial charge in [-0.25, -0.2) is 4.79 Å². The summed E-state index contributed by atoms with van der Waals surface area (Å²) in [5, 5.41) is 0. The molecule has 0 N–H and O–H groups in total. The van der Waals surface area contributed by atoms with Crippen LogP contribution in [0.2, 0.25) is 0 Å². The third kappa shape index (κ3) is 3.41. The largest absolute Gasteiger partial charge is 0.423 e. The number of imide groups is 1. The van der Waals surface area contributed by atoms with Crippen LogP contribution in [0.25, 0.3) is 0 Å². The van der Waals surface area contributed by atoms with Gasteiger partial charge in [-0.3, -0.25) is 14.5 Å². The molecule has 1 heterocycles. The fraction of sp³-hybridized carbons (Fsp3) is 0.286. The lowest BCUT2D eigenvalue weighted by molar-refractivity contribution is -0.122. The topological polar surface area (TPSA) is 63.7 Å². The Hall–Kier alpha value is -2.47. The van der Waals surface area contributed by atoms with Gasteiger partial charge >= 0.3 is 5.97 Å². The van der Waals surface area contributed by atoms with Gasteiger partial charge in [0.2, 0.25) is 11.8 Å². The molecule has 27 heavy (non-hydrogen) atoms. The monoisotopic (exact) mass is 427 g/mol. The van der Waals surface area contributed by atoms with Crippen LogP contribution >= 0.6 is 15.9 Å². The second kappa shape index (κ2) is 7.27. The molecule has 5 nitrogen and oxygen atoms in total. The third-order valence-corrected chi connectivity index (χ3v) is 5.76. The molecule has 2 atom stereocenters. The van der Waals surface area contributed by atoms with Crippen molar-refractivity contribution in [2.24, 2.45) is 11.8 Å². The Balaban J connectivity index is 1.50. The van der Waals surface area contributed by atoms with Gasteiger partial charge in [0.25, 0.3) is 0 Å². The number of carbonyl (C=O) groups excluding carboxylic acids is 3. The van der Waals surface area contributed by atoms with Crippen molar-refractivity contribution < 1.29 is 19.1 Å². The van der Waals surface area contributed by atoms with Gasteiger partial charge in [-0.05, 0) is 61.4 Å². The Labute approximate surface area is 165 Å². The van der Waals surface area contributed by atoms with Gasteiger partial charge in [-0.1, -0.05) is 28.8 Å². The average molecular weight is 428 g/mol. The van der Waals surface area contributed by atoms with E-state index in [0.717, 1.165) is 30.2 Å². The number of anilines is 1. The molecule has 1 saturated carbocycles. The number of hydrogen-bond acceptors (Lipinski definition) is 4. The molecule has 2 aromatic carbocycles. The second-order valence-electron chi connectivity index (χ2n) is 6.90. The zero-order chi connectivity index (χ0) is 19.0. The molecule has 0 unspecified atom stereocenters. The standard InChI is InChI=1S/C21H18BrNO4/c22-14-7-11-16(12-8-14)27-21(26)13-5-9-15(10-6-13)23-19(24)17-3-1-2-4-18(17)20(23)25/h5-12,17-18H,1-4H2/t17-,18-/m0/s1. The first-order chi connectivity index (χ1) is 13.0. The van der Waals surface area contributed by atoms with Crippen molar-refractivity contribution in [3.63, 3.8) is 0 Å². The minimum Gasteiger partial charge on any atom is -0.423 e. The highest BCUT2D eigenvalue weighted by Crippen LogP contribution is 2.40. The Morgan fingerprint density at radius 2 is 1.44 bits per heavy atom. The first-order valence-electron chi connectivity index (χ1n) is 9.00. The molecular weight excluding hydrogens is 410 g/mol. The molecule has 0 aromatic heterocycles. The summed E-state index contributed by atoms with van der Waals surface area (Å²) in [5.41, 5.74) is 0.873. The lowest BCUT2D eigenvalue weighted by Gasteiger charge is -2.19. The Morgan fingerprint density at radius 1 is 0.889 bits per heavy atom. The molecule has 2 aromatic rings. The average Bonchev–Trinajstić information content (AvgIpc) is 2.95. The van der Waals surface area contributed by atoms with Gasteiger partial charge < -0.3 is 4.74 Å². The summed E-state index contributed by atoms with van der Waals surface area (Å²) in [6.07, 6.45) is 3.55. The zero-order valence-corrected chi connectivity index (χ0v) is 16.1. The van der Waals surface area contributed by atoms with E-state index in [9.17, 15) is 14.4 Å². The summed E-state index contributed by atoms with van der Waals surface area (Å²) in [6.45, 7) is 0. The van der Waals surface area contributed by atoms with E-state index in [1.54, 1.807) is 48.5 Å². The van der Waals surface area contributed by atoms with E-state index in [0.29, 0.717) is 17.0 Å². The number of fused-ring (bicyclic) bond motifs is 1. The van der Waals surface area contributed by atoms with Crippen LogP contribution in [0.1, 0.15) is 36.0 Å². The van der Waals surface area contributed by atoms with Crippen molar-refractivity contribution in [2.45, 2.75) is 25.7 Å². The van der Waals surface area contributed by atoms with Gasteiger partial charge in [0.05, 0.1) is 23.1 Å².